The molecule has 0 saturated heterocycles. The van der Waals surface area contributed by atoms with Crippen molar-refractivity contribution < 1.29 is 8.42 Å². The van der Waals surface area contributed by atoms with Crippen molar-refractivity contribution >= 4 is 49.1 Å². The summed E-state index contributed by atoms with van der Waals surface area (Å²) < 4.78 is 27.7. The third-order valence-electron chi connectivity index (χ3n) is 2.60. The number of thioether (sulfide) groups is 1. The minimum atomic E-state index is -3.62. The molecular weight excluding hydrogens is 360 g/mol. The molecule has 0 unspecified atom stereocenters. The van der Waals surface area contributed by atoms with E-state index in [-0.39, 0.29) is 4.90 Å². The van der Waals surface area contributed by atoms with E-state index in [4.69, 9.17) is 5.73 Å². The van der Waals surface area contributed by atoms with Gasteiger partial charge >= 0.3 is 0 Å². The number of hydrogen-bond acceptors (Lipinski definition) is 4. The molecule has 0 aliphatic heterocycles. The molecule has 106 valence electrons. The lowest BCUT2D eigenvalue weighted by molar-refractivity contribution is 0.601. The van der Waals surface area contributed by atoms with Gasteiger partial charge in [-0.3, -0.25) is 4.72 Å². The lowest BCUT2D eigenvalue weighted by Gasteiger charge is -2.10. The van der Waals surface area contributed by atoms with Gasteiger partial charge in [-0.05, 0) is 58.6 Å². The summed E-state index contributed by atoms with van der Waals surface area (Å²) in [7, 11) is -3.62. The number of nitrogens with two attached hydrogens (primary N) is 1. The highest BCUT2D eigenvalue weighted by Crippen LogP contribution is 2.25. The van der Waals surface area contributed by atoms with Crippen LogP contribution in [0.15, 0.2) is 56.7 Å². The van der Waals surface area contributed by atoms with Crippen LogP contribution in [0.1, 0.15) is 0 Å². The van der Waals surface area contributed by atoms with E-state index in [1.807, 2.05) is 18.4 Å². The highest BCUT2D eigenvalue weighted by atomic mass is 79.9. The number of hydrogen-bond donors (Lipinski definition) is 2. The van der Waals surface area contributed by atoms with Crippen molar-refractivity contribution in [3.63, 3.8) is 0 Å². The summed E-state index contributed by atoms with van der Waals surface area (Å²) in [5.74, 6) is 0. The third-order valence-corrected chi connectivity index (χ3v) is 5.40. The van der Waals surface area contributed by atoms with Crippen LogP contribution in [0, 0.1) is 0 Å². The molecule has 2 rings (SSSR count). The van der Waals surface area contributed by atoms with Gasteiger partial charge in [0.15, 0.2) is 0 Å². The van der Waals surface area contributed by atoms with Gasteiger partial charge in [0.1, 0.15) is 0 Å². The molecule has 2 aromatic carbocycles. The zero-order chi connectivity index (χ0) is 14.8. The van der Waals surface area contributed by atoms with Crippen molar-refractivity contribution in [1.82, 2.24) is 0 Å². The summed E-state index contributed by atoms with van der Waals surface area (Å²) in [4.78, 5) is 1.15. The Morgan fingerprint density at radius 2 is 1.95 bits per heavy atom. The quantitative estimate of drug-likeness (QED) is 0.635. The molecule has 3 N–H and O–H groups in total. The molecule has 0 spiro atoms. The van der Waals surface area contributed by atoms with Gasteiger partial charge < -0.3 is 5.73 Å². The smallest absolute Gasteiger partial charge is 0.261 e. The minimum absolute atomic E-state index is 0.160. The van der Waals surface area contributed by atoms with E-state index in [2.05, 4.69) is 20.7 Å². The fourth-order valence-corrected chi connectivity index (χ4v) is 3.64. The first-order valence-corrected chi connectivity index (χ1v) is 9.14. The van der Waals surface area contributed by atoms with E-state index in [0.717, 1.165) is 4.90 Å². The Morgan fingerprint density at radius 3 is 2.60 bits per heavy atom. The van der Waals surface area contributed by atoms with E-state index in [1.165, 1.54) is 12.1 Å². The molecule has 20 heavy (non-hydrogen) atoms. The lowest BCUT2D eigenvalue weighted by atomic mass is 10.3. The van der Waals surface area contributed by atoms with E-state index in [1.54, 1.807) is 30.0 Å². The second-order valence-electron chi connectivity index (χ2n) is 4.02. The highest BCUT2D eigenvalue weighted by molar-refractivity contribution is 9.10. The molecule has 0 amide bonds. The number of halogens is 1. The van der Waals surface area contributed by atoms with E-state index in [0.29, 0.717) is 15.8 Å². The molecule has 2 aromatic rings. The predicted molar refractivity (Wildman–Crippen MR) is 87.6 cm³/mol. The maximum Gasteiger partial charge on any atom is 0.261 e. The van der Waals surface area contributed by atoms with Crippen molar-refractivity contribution in [2.75, 3.05) is 16.7 Å². The van der Waals surface area contributed by atoms with Crippen molar-refractivity contribution in [3.05, 3.63) is 46.9 Å². The van der Waals surface area contributed by atoms with Crippen LogP contribution in [0.2, 0.25) is 0 Å². The molecule has 0 aromatic heterocycles. The van der Waals surface area contributed by atoms with Crippen LogP contribution < -0.4 is 10.5 Å². The Labute approximate surface area is 130 Å². The van der Waals surface area contributed by atoms with Gasteiger partial charge in [-0.2, -0.15) is 0 Å². The number of benzene rings is 2. The summed E-state index contributed by atoms with van der Waals surface area (Å²) in [6.07, 6.45) is 1.94. The van der Waals surface area contributed by atoms with Crippen LogP contribution in [-0.2, 0) is 10.0 Å². The maximum atomic E-state index is 12.3. The average molecular weight is 373 g/mol. The first-order valence-electron chi connectivity index (χ1n) is 5.64. The molecule has 0 aliphatic rings. The maximum absolute atomic E-state index is 12.3. The topological polar surface area (TPSA) is 72.2 Å². The second kappa shape index (κ2) is 6.07. The van der Waals surface area contributed by atoms with Gasteiger partial charge in [0.25, 0.3) is 10.0 Å². The molecule has 0 fully saturated rings. The van der Waals surface area contributed by atoms with Crippen LogP contribution >= 0.6 is 27.7 Å². The molecule has 0 atom stereocenters. The van der Waals surface area contributed by atoms with Crippen molar-refractivity contribution in [1.29, 1.82) is 0 Å². The Balaban J connectivity index is 2.32. The van der Waals surface area contributed by atoms with Gasteiger partial charge in [0, 0.05) is 20.7 Å². The van der Waals surface area contributed by atoms with Crippen LogP contribution in [0.4, 0.5) is 11.4 Å². The van der Waals surface area contributed by atoms with Crippen molar-refractivity contribution in [2.45, 2.75) is 9.79 Å². The van der Waals surface area contributed by atoms with Gasteiger partial charge in [-0.15, -0.1) is 11.8 Å². The Kier molecular flexibility index (Phi) is 4.62. The zero-order valence-corrected chi connectivity index (χ0v) is 13.8. The third kappa shape index (κ3) is 3.47. The van der Waals surface area contributed by atoms with Gasteiger partial charge in [-0.25, -0.2) is 8.42 Å². The standard InChI is InChI=1S/C13H13BrN2O2S2/c1-19-10-4-2-3-9(7-10)16-20(17,18)11-5-6-13(15)12(14)8-11/h2-8,16H,15H2,1H3. The summed E-state index contributed by atoms with van der Waals surface area (Å²) in [6, 6.07) is 11.7. The molecule has 0 aliphatic carbocycles. The largest absolute Gasteiger partial charge is 0.398 e. The first kappa shape index (κ1) is 15.2. The number of rotatable bonds is 4. The summed E-state index contributed by atoms with van der Waals surface area (Å²) in [5.41, 5.74) is 6.68. The minimum Gasteiger partial charge on any atom is -0.398 e. The summed E-state index contributed by atoms with van der Waals surface area (Å²) >= 11 is 4.78. The molecule has 0 bridgehead atoms. The normalized spacial score (nSPS) is 11.3. The van der Waals surface area contributed by atoms with Crippen LogP contribution in [-0.4, -0.2) is 14.7 Å². The number of nitrogens with one attached hydrogen (secondary N) is 1. The number of nitrogen functional groups attached to an aromatic ring is 1. The number of sulfonamides is 1. The Morgan fingerprint density at radius 1 is 1.20 bits per heavy atom. The predicted octanol–water partition coefficient (Wildman–Crippen LogP) is 3.55. The molecule has 4 nitrogen and oxygen atoms in total. The molecule has 0 heterocycles. The fourth-order valence-electron chi connectivity index (χ4n) is 1.58. The van der Waals surface area contributed by atoms with E-state index in [9.17, 15) is 8.42 Å². The van der Waals surface area contributed by atoms with Gasteiger partial charge in [0.2, 0.25) is 0 Å². The van der Waals surface area contributed by atoms with Gasteiger partial charge in [-0.1, -0.05) is 6.07 Å². The molecule has 7 heteroatoms. The summed E-state index contributed by atoms with van der Waals surface area (Å²) in [5, 5.41) is 0. The van der Waals surface area contributed by atoms with Crippen molar-refractivity contribution in [3.8, 4) is 0 Å². The van der Waals surface area contributed by atoms with Crippen LogP contribution in [0.25, 0.3) is 0 Å². The molecular formula is C13H13BrN2O2S2. The zero-order valence-electron chi connectivity index (χ0n) is 10.6. The average Bonchev–Trinajstić information content (AvgIpc) is 2.41. The molecule has 0 saturated carbocycles. The number of anilines is 2. The van der Waals surface area contributed by atoms with Crippen molar-refractivity contribution in [2.24, 2.45) is 0 Å². The first-order chi connectivity index (χ1) is 9.42. The Hall–Kier alpha value is -1.18. The SMILES string of the molecule is CSc1cccc(NS(=O)(=O)c2ccc(N)c(Br)c2)c1. The van der Waals surface area contributed by atoms with E-state index >= 15 is 0 Å². The van der Waals surface area contributed by atoms with E-state index < -0.39 is 10.0 Å². The highest BCUT2D eigenvalue weighted by Gasteiger charge is 2.15. The lowest BCUT2D eigenvalue weighted by Crippen LogP contribution is -2.13. The summed E-state index contributed by atoms with van der Waals surface area (Å²) in [6.45, 7) is 0. The fraction of sp³-hybridized carbons (Fsp3) is 0.0769. The Bertz CT molecular complexity index is 733. The monoisotopic (exact) mass is 372 g/mol. The van der Waals surface area contributed by atoms with Crippen LogP contribution in [0.5, 0.6) is 0 Å². The van der Waals surface area contributed by atoms with Crippen LogP contribution in [0.3, 0.4) is 0 Å². The van der Waals surface area contributed by atoms with Gasteiger partial charge in [0.05, 0.1) is 4.90 Å². The molecule has 0 radical (unpaired) electrons. The second-order valence-corrected chi connectivity index (χ2v) is 7.44.